The van der Waals surface area contributed by atoms with E-state index in [2.05, 4.69) is 59.8 Å². The molecule has 8 aromatic heterocycles. The zero-order chi connectivity index (χ0) is 107. The highest BCUT2D eigenvalue weighted by Crippen LogP contribution is 2.53. The largest absolute Gasteiger partial charge is 0.494 e. The van der Waals surface area contributed by atoms with Crippen LogP contribution in [0.25, 0.3) is 44.7 Å². The van der Waals surface area contributed by atoms with Crippen LogP contribution >= 0.6 is 30.4 Å². The van der Waals surface area contributed by atoms with E-state index in [1.807, 2.05) is 6.92 Å². The Bertz CT molecular complexity index is 7540. The number of nitrogens with one attached hydrogen (secondary N) is 4. The van der Waals surface area contributed by atoms with Crippen molar-refractivity contribution in [3.63, 3.8) is 0 Å². The summed E-state index contributed by atoms with van der Waals surface area (Å²) in [6.07, 6.45) is 9.98. The number of aryl methyl sites for hydroxylation is 1. The van der Waals surface area contributed by atoms with Gasteiger partial charge in [0.05, 0.1) is 107 Å². The summed E-state index contributed by atoms with van der Waals surface area (Å²) in [5, 5.41) is 0. The molecule has 6 aromatic carbocycles. The van der Waals surface area contributed by atoms with Crippen LogP contribution in [0.5, 0.6) is 23.0 Å². The molecule has 2 aliphatic carbocycles. The molecule has 8 heterocycles. The molecule has 0 spiro atoms. The topological polar surface area (TPSA) is 643 Å². The number of aromatic amines is 4. The molecule has 0 amide bonds. The van der Waals surface area contributed by atoms with E-state index in [4.69, 9.17) is 97.0 Å². The van der Waals surface area contributed by atoms with Gasteiger partial charge in [0.2, 0.25) is 23.8 Å². The fraction of sp³-hybridized carbons (Fsp3) is 0.362. The number of imidazole rings is 4. The minimum Gasteiger partial charge on any atom is -0.494 e. The molecule has 56 heteroatoms. The number of carbonyl (C=O) groups excluding carboxylic acids is 4. The first kappa shape index (κ1) is 113. The van der Waals surface area contributed by atoms with Gasteiger partial charge >= 0.3 is 30.4 Å². The number of carbonyl (C=O) groups is 4. The third-order valence-electron chi connectivity index (χ3n) is 22.6. The summed E-state index contributed by atoms with van der Waals surface area (Å²) >= 11 is 0. The number of Topliss-reactive ketones (excluding diaryl/α,β-unsaturated/α-hetero) is 4. The van der Waals surface area contributed by atoms with Gasteiger partial charge in [0, 0.05) is 49.1 Å². The summed E-state index contributed by atoms with van der Waals surface area (Å²) in [4.78, 5) is 139. The number of nitrogens with zero attached hydrogens (tertiary/aromatic N) is 12. The van der Waals surface area contributed by atoms with Crippen molar-refractivity contribution in [1.82, 2.24) is 78.1 Å². The molecule has 48 nitrogen and oxygen atoms in total. The van der Waals surface area contributed by atoms with Crippen LogP contribution in [0.2, 0.25) is 0 Å². The number of hydrogen-bond donors (Lipinski definition) is 8. The summed E-state index contributed by atoms with van der Waals surface area (Å²) in [7, 11) is -10.3. The molecule has 800 valence electrons. The fourth-order valence-electron chi connectivity index (χ4n) is 14.5. The highest BCUT2D eigenvalue weighted by atomic mass is 31.2. The van der Waals surface area contributed by atoms with E-state index < -0.39 is 126 Å². The second-order valence-electron chi connectivity index (χ2n) is 33.5. The first-order valence-corrected chi connectivity index (χ1v) is 53.1. The van der Waals surface area contributed by atoms with E-state index >= 15 is 0 Å². The highest BCUT2D eigenvalue weighted by Gasteiger charge is 2.36. The van der Waals surface area contributed by atoms with Crippen LogP contribution < -0.4 is 64.1 Å². The highest BCUT2D eigenvalue weighted by molar-refractivity contribution is 7.54. The maximum Gasteiger partial charge on any atom is 0.356 e. The Morgan fingerprint density at radius 2 is 0.620 bits per heavy atom. The van der Waals surface area contributed by atoms with Crippen molar-refractivity contribution < 1.29 is 129 Å². The quantitative estimate of drug-likeness (QED) is 0.00759. The predicted octanol–water partition coefficient (Wildman–Crippen LogP) is 12.2. The fourth-order valence-corrected chi connectivity index (χ4v) is 19.4. The number of benzene rings is 6. The third kappa shape index (κ3) is 32.3. The second kappa shape index (κ2) is 53.4. The number of fused-ring (bicyclic) bond motifs is 4. The molecule has 150 heavy (non-hydrogen) atoms. The lowest BCUT2D eigenvalue weighted by molar-refractivity contribution is -0.126. The lowest BCUT2D eigenvalue weighted by atomic mass is 9.86. The van der Waals surface area contributed by atoms with Gasteiger partial charge < -0.3 is 97.2 Å². The number of ether oxygens (including phenoxy) is 8. The summed E-state index contributed by atoms with van der Waals surface area (Å²) < 4.78 is 202. The summed E-state index contributed by atoms with van der Waals surface area (Å²) in [5.41, 5.74) is 25.4. The van der Waals surface area contributed by atoms with Gasteiger partial charge in [-0.05, 0) is 103 Å². The summed E-state index contributed by atoms with van der Waals surface area (Å²) in [5.74, 6) is -3.64. The van der Waals surface area contributed by atoms with Gasteiger partial charge in [-0.1, -0.05) is 104 Å². The van der Waals surface area contributed by atoms with Gasteiger partial charge in [0.15, 0.2) is 114 Å². The van der Waals surface area contributed by atoms with E-state index in [0.717, 1.165) is 50.5 Å². The van der Waals surface area contributed by atoms with Crippen molar-refractivity contribution in [2.75, 3.05) is 130 Å². The number of methoxy groups -OCH3 is 4. The lowest BCUT2D eigenvalue weighted by Gasteiger charge is -2.22. The number of H-pyrrole nitrogens is 4. The molecule has 0 bridgehead atoms. The molecule has 16 rings (SSSR count). The number of halogens is 4. The maximum absolute atomic E-state index is 14.1. The zero-order valence-corrected chi connectivity index (χ0v) is 85.2. The number of aromatic nitrogens is 16. The summed E-state index contributed by atoms with van der Waals surface area (Å²) in [6.45, 7) is 0.105. The van der Waals surface area contributed by atoms with Crippen molar-refractivity contribution in [3.05, 3.63) is 256 Å². The Kier molecular flexibility index (Phi) is 40.3. The number of rotatable bonds is 52. The van der Waals surface area contributed by atoms with E-state index in [1.54, 1.807) is 97.1 Å². The molecule has 2 saturated carbocycles. The second-order valence-corrected chi connectivity index (χ2v) is 41.5. The minimum absolute atomic E-state index is 0.0135. The molecule has 14 aromatic rings. The molecule has 2 aliphatic rings. The Morgan fingerprint density at radius 1 is 0.353 bits per heavy atom. The monoisotopic (exact) mass is 2160 g/mol. The number of hydrogen-bond acceptors (Lipinski definition) is 40. The first-order chi connectivity index (χ1) is 72.0. The molecular formula is C94H108F4N20O28P4. The number of nitrogen functional groups attached to an aromatic ring is 4. The van der Waals surface area contributed by atoms with Crippen LogP contribution in [0, 0.1) is 42.0 Å². The number of nitrogens with two attached hydrogens (primary N) is 4. The molecule has 12 N–H and O–H groups in total. The Balaban J connectivity index is 0.000000167. The lowest BCUT2D eigenvalue weighted by Crippen LogP contribution is -2.22. The zero-order valence-electron chi connectivity index (χ0n) is 81.6. The molecule has 2 fully saturated rings. The van der Waals surface area contributed by atoms with E-state index in [9.17, 15) is 74.2 Å². The smallest absolute Gasteiger partial charge is 0.356 e. The van der Waals surface area contributed by atoms with Crippen LogP contribution in [0.1, 0.15) is 93.5 Å². The van der Waals surface area contributed by atoms with Crippen LogP contribution in [0.3, 0.4) is 0 Å². The predicted molar refractivity (Wildman–Crippen MR) is 534 cm³/mol. The minimum atomic E-state index is -3.99. The molecule has 0 saturated heterocycles. The third-order valence-corrected chi connectivity index (χ3v) is 28.8. The van der Waals surface area contributed by atoms with Crippen molar-refractivity contribution in [2.45, 2.75) is 104 Å². The average molecular weight is 2170 g/mol. The molecule has 4 atom stereocenters. The van der Waals surface area contributed by atoms with Crippen LogP contribution in [-0.2, 0) is 136 Å². The van der Waals surface area contributed by atoms with Crippen molar-refractivity contribution in [1.29, 1.82) is 0 Å². The number of ketones is 4. The van der Waals surface area contributed by atoms with Crippen LogP contribution in [-0.4, -0.2) is 208 Å². The van der Waals surface area contributed by atoms with Crippen molar-refractivity contribution in [3.8, 4) is 23.0 Å². The van der Waals surface area contributed by atoms with Crippen molar-refractivity contribution in [2.24, 2.45) is 11.8 Å². The normalized spacial score (nSPS) is 14.2. The number of anilines is 4. The van der Waals surface area contributed by atoms with Gasteiger partial charge in [0.1, 0.15) is 51.8 Å². The summed E-state index contributed by atoms with van der Waals surface area (Å²) in [6, 6.07) is 31.9. The first-order valence-electron chi connectivity index (χ1n) is 46.2. The van der Waals surface area contributed by atoms with Gasteiger partial charge in [0.25, 0.3) is 22.2 Å². The van der Waals surface area contributed by atoms with E-state index in [1.165, 1.54) is 102 Å². The van der Waals surface area contributed by atoms with E-state index in [-0.39, 0.29) is 207 Å². The van der Waals surface area contributed by atoms with Gasteiger partial charge in [-0.15, -0.1) is 0 Å². The maximum atomic E-state index is 14.1. The SMILES string of the molecule is COc1ccc(COP(=O)(COCCn2cnc3c(=O)[nH]c(N)nc32)OCC(=O)C2CC2)cc1F.COc1ccc(COP(=O)(COCCn2cnc3c(=O)[nH]c(N)nc32)OCC(=O)C2CCCCC2)cc1F.COc1ccc(COP(=O)(COCCn2cnc3c(=O)[nH]c(N)nc32)OCC(=O)c2ccc(C)cc2)cc1F.COc1ccc(COP(=O)(COCCn2cnc3c(=O)[nH]c(N)nc32)OCC(=O)c2ccccc2)cc1F. The Morgan fingerprint density at radius 3 is 0.887 bits per heavy atom. The molecular weight excluding hydrogens is 2060 g/mol. The van der Waals surface area contributed by atoms with Gasteiger partial charge in [-0.25, -0.2) is 37.5 Å². The van der Waals surface area contributed by atoms with Gasteiger partial charge in [-0.2, -0.15) is 19.9 Å². The standard InChI is InChI=1S/C25H27FN5O7P.C24H31FN5O7P.C24H25FN5O7P.C21H25FN5O7P/c1-16-3-6-18(7-4-16)20(32)13-38-39(34,37-12-17-5-8-21(35-2)19(26)11-17)15-36-10-9-31-14-28-22-23(31)29-25(27)30-24(22)33;2*1-34-20-8-7-16(11-18(20)25)12-36-38(33,37-13-19(31)17-5-3-2-4-6-17)15-35-10-9-30-14-27-21-22(30)28-24(26)29-23(21)32;1-31-17-5-2-13(8-15(17)22)9-33-35(30,34-10-16(28)14-3-4-14)12-32-7-6-27-11-24-18-19(27)25-21(23)26-20(18)29/h3-8,11,14H,9-10,12-13,15H2,1-2H3,(H3,27,29,30,33);7-8,11,14,17H,2-6,9-10,12-13,15H2,1H3,(H3,26,28,29,32);2-8,11,14H,9-10,12-13,15H2,1H3,(H3,26,28,29,32);2,5,8,11,14H,3-4,6-7,9-10,12H2,1H3,(H3,23,25,26,29). The Hall–Kier alpha value is -14.0. The van der Waals surface area contributed by atoms with Crippen LogP contribution in [0.4, 0.5) is 41.4 Å². The van der Waals surface area contributed by atoms with E-state index in [0.29, 0.717) is 33.4 Å². The van der Waals surface area contributed by atoms with Crippen LogP contribution in [0.15, 0.2) is 172 Å². The molecule has 4 unspecified atom stereocenters. The average Bonchev–Trinajstić information content (AvgIpc) is 1.67. The Labute approximate surface area is 850 Å². The molecule has 0 aliphatic heterocycles. The molecule has 0 radical (unpaired) electrons. The van der Waals surface area contributed by atoms with Crippen molar-refractivity contribution >= 4 is 122 Å². The van der Waals surface area contributed by atoms with Gasteiger partial charge in [-0.3, -0.25) is 94.6 Å².